The van der Waals surface area contributed by atoms with Gasteiger partial charge in [-0.1, -0.05) is 24.3 Å². The molecule has 12 nitrogen and oxygen atoms in total. The molecule has 2 fully saturated rings. The number of piperazine rings is 1. The molecule has 242 valence electrons. The van der Waals surface area contributed by atoms with Crippen molar-refractivity contribution in [3.8, 4) is 5.75 Å². The van der Waals surface area contributed by atoms with Crippen LogP contribution in [0.15, 0.2) is 66.7 Å². The monoisotopic (exact) mass is 648 g/mol. The Hall–Kier alpha value is -4.15. The van der Waals surface area contributed by atoms with E-state index in [1.54, 1.807) is 12.1 Å². The third kappa shape index (κ3) is 7.57. The molecule has 6 N–H and O–H groups in total. The lowest BCUT2D eigenvalue weighted by Crippen LogP contribution is -2.55. The number of aromatic hydroxyl groups is 1. The van der Waals surface area contributed by atoms with Crippen LogP contribution in [0.25, 0.3) is 0 Å². The molecule has 2 heterocycles. The molecule has 3 aromatic carbocycles. The maximum absolute atomic E-state index is 13.6. The molecular formula is C30H34F2N4O8S. The highest BCUT2D eigenvalue weighted by Crippen LogP contribution is 2.48. The zero-order valence-electron chi connectivity index (χ0n) is 24.4. The lowest BCUT2D eigenvalue weighted by Gasteiger charge is -2.48. The molecule has 15 heteroatoms. The van der Waals surface area contributed by atoms with E-state index in [9.17, 15) is 41.6 Å². The number of amides is 2. The molecule has 0 bridgehead atoms. The van der Waals surface area contributed by atoms with E-state index in [0.717, 1.165) is 4.31 Å². The molecule has 2 aliphatic heterocycles. The summed E-state index contributed by atoms with van der Waals surface area (Å²) in [4.78, 5) is 28.5. The number of halogens is 2. The highest BCUT2D eigenvalue weighted by atomic mass is 32.2. The molecule has 0 aliphatic carbocycles. The number of carbonyl (C=O) groups is 2. The third-order valence-corrected chi connectivity index (χ3v) is 8.91. The van der Waals surface area contributed by atoms with Gasteiger partial charge in [0, 0.05) is 37.4 Å². The van der Waals surface area contributed by atoms with Gasteiger partial charge in [0.25, 0.3) is 0 Å². The fraction of sp³-hybridized carbons (Fsp3) is 0.333. The van der Waals surface area contributed by atoms with E-state index >= 15 is 0 Å². The van der Waals surface area contributed by atoms with E-state index in [-0.39, 0.29) is 63.4 Å². The molecule has 5 rings (SSSR count). The van der Waals surface area contributed by atoms with Gasteiger partial charge < -0.3 is 35.5 Å². The van der Waals surface area contributed by atoms with Gasteiger partial charge in [-0.15, -0.1) is 0 Å². The first-order valence-electron chi connectivity index (χ1n) is 13.9. The van der Waals surface area contributed by atoms with Gasteiger partial charge in [-0.25, -0.2) is 26.3 Å². The summed E-state index contributed by atoms with van der Waals surface area (Å²) in [6.45, 7) is -0.481. The van der Waals surface area contributed by atoms with Gasteiger partial charge in [0.05, 0.1) is 18.1 Å². The number of nitrogens with zero attached hydrogens (tertiary/aromatic N) is 3. The Balaban J connectivity index is 0.00000461. The predicted molar refractivity (Wildman–Crippen MR) is 158 cm³/mol. The van der Waals surface area contributed by atoms with E-state index in [4.69, 9.17) is 4.74 Å². The third-order valence-electron chi connectivity index (χ3n) is 7.91. The van der Waals surface area contributed by atoms with Gasteiger partial charge in [0.1, 0.15) is 24.0 Å². The molecule has 0 aromatic heterocycles. The van der Waals surface area contributed by atoms with Crippen molar-refractivity contribution in [2.24, 2.45) is 5.92 Å². The van der Waals surface area contributed by atoms with Crippen LogP contribution in [-0.4, -0.2) is 70.6 Å². The highest BCUT2D eigenvalue weighted by molar-refractivity contribution is 7.83. The molecule has 3 atom stereocenters. The average molecular weight is 649 g/mol. The smallest absolute Gasteiger partial charge is 0.410 e. The van der Waals surface area contributed by atoms with Crippen LogP contribution in [0, 0.1) is 17.6 Å². The minimum atomic E-state index is -4.59. The normalized spacial score (nSPS) is 19.4. The first kappa shape index (κ1) is 33.7. The second-order valence-electron chi connectivity index (χ2n) is 10.7. The first-order valence-corrected chi connectivity index (χ1v) is 15.3. The number of aliphatic hydroxyl groups is 1. The van der Waals surface area contributed by atoms with Crippen molar-refractivity contribution in [1.82, 2.24) is 15.4 Å². The van der Waals surface area contributed by atoms with Crippen LogP contribution >= 0.6 is 0 Å². The van der Waals surface area contributed by atoms with Crippen molar-refractivity contribution >= 4 is 28.0 Å². The fourth-order valence-corrected chi connectivity index (χ4v) is 6.13. The maximum atomic E-state index is 13.6. The number of aliphatic hydroxyl groups excluding tert-OH is 1. The summed E-state index contributed by atoms with van der Waals surface area (Å²) in [7, 11) is -4.59. The molecule has 0 spiro atoms. The fourth-order valence-electron chi connectivity index (χ4n) is 5.52. The molecule has 0 saturated carbocycles. The minimum absolute atomic E-state index is 0. The van der Waals surface area contributed by atoms with Crippen LogP contribution in [-0.2, 0) is 26.4 Å². The molecule has 3 aromatic rings. The number of phenolic OH excluding ortho intramolecular Hbond substituents is 1. The summed E-state index contributed by atoms with van der Waals surface area (Å²) >= 11 is 0. The van der Waals surface area contributed by atoms with E-state index in [1.807, 2.05) is 0 Å². The van der Waals surface area contributed by atoms with Gasteiger partial charge in [-0.2, -0.15) is 0 Å². The topological polar surface area (TPSA) is 187 Å². The number of quaternary nitrogens is 1. The van der Waals surface area contributed by atoms with Gasteiger partial charge in [-0.05, 0) is 66.4 Å². The van der Waals surface area contributed by atoms with E-state index < -0.39 is 46.1 Å². The second-order valence-corrected chi connectivity index (χ2v) is 12.0. The van der Waals surface area contributed by atoms with Gasteiger partial charge >= 0.3 is 6.09 Å². The van der Waals surface area contributed by atoms with Crippen molar-refractivity contribution in [2.45, 2.75) is 31.6 Å². The molecule has 0 radical (unpaired) electrons. The molecule has 2 saturated heterocycles. The summed E-state index contributed by atoms with van der Waals surface area (Å²) in [5, 5.41) is 21.7. The van der Waals surface area contributed by atoms with Crippen LogP contribution < -0.4 is 11.1 Å². The largest absolute Gasteiger partial charge is 0.735 e. The van der Waals surface area contributed by atoms with E-state index in [1.165, 1.54) is 64.4 Å². The number of β-lactam (4-membered cyclic amide) rings is 1. The average Bonchev–Trinajstić information content (AvgIpc) is 3.00. The Kier molecular flexibility index (Phi) is 10.4. The van der Waals surface area contributed by atoms with Crippen molar-refractivity contribution in [3.05, 3.63) is 95.1 Å². The van der Waals surface area contributed by atoms with Crippen molar-refractivity contribution in [3.63, 3.8) is 0 Å². The summed E-state index contributed by atoms with van der Waals surface area (Å²) in [5.41, 5.74) is 1.78. The maximum Gasteiger partial charge on any atom is 0.410 e. The number of anilines is 1. The summed E-state index contributed by atoms with van der Waals surface area (Å²) < 4.78 is 66.4. The summed E-state index contributed by atoms with van der Waals surface area (Å²) in [5.74, 6) is -1.97. The lowest BCUT2D eigenvalue weighted by atomic mass is 9.77. The zero-order chi connectivity index (χ0) is 31.6. The van der Waals surface area contributed by atoms with Crippen molar-refractivity contribution < 1.29 is 46.3 Å². The van der Waals surface area contributed by atoms with E-state index in [2.05, 4.69) is 0 Å². The van der Waals surface area contributed by atoms with Crippen LogP contribution in [0.2, 0.25) is 0 Å². The Morgan fingerprint density at radius 1 is 0.978 bits per heavy atom. The van der Waals surface area contributed by atoms with Crippen LogP contribution in [0.4, 0.5) is 19.3 Å². The van der Waals surface area contributed by atoms with Crippen LogP contribution in [0.5, 0.6) is 5.75 Å². The SMILES string of the molecule is O=C(OCc1ccc([C@@H]2[C@@H](CC[C@H](O)c3ccc(F)cc3)C(=O)N2c2ccc(F)cc2)c(O)c1)N1CCN(S(=O)(=O)[O-])CC1.[NH4+]. The quantitative estimate of drug-likeness (QED) is 0.230. The minimum Gasteiger partial charge on any atom is -0.735 e. The Bertz CT molecular complexity index is 1620. The molecule has 0 unspecified atom stereocenters. The lowest BCUT2D eigenvalue weighted by molar-refractivity contribution is -0.131. The number of benzene rings is 3. The number of hydrogen-bond acceptors (Lipinski definition) is 8. The Labute approximate surface area is 258 Å². The molecule has 2 amide bonds. The number of rotatable bonds is 9. The molecular weight excluding hydrogens is 614 g/mol. The van der Waals surface area contributed by atoms with Gasteiger partial charge in [-0.3, -0.25) is 4.79 Å². The number of phenols is 1. The molecule has 2 aliphatic rings. The van der Waals surface area contributed by atoms with Crippen LogP contribution in [0.1, 0.15) is 41.7 Å². The van der Waals surface area contributed by atoms with E-state index in [0.29, 0.717) is 22.4 Å². The zero-order valence-corrected chi connectivity index (χ0v) is 25.2. The van der Waals surface area contributed by atoms with Gasteiger partial charge in [0.15, 0.2) is 10.3 Å². The number of carbonyl (C=O) groups excluding carboxylic acids is 2. The van der Waals surface area contributed by atoms with Crippen molar-refractivity contribution in [1.29, 1.82) is 0 Å². The summed E-state index contributed by atoms with van der Waals surface area (Å²) in [6.07, 6.45) is -1.20. The standard InChI is InChI=1S/C30H31F2N3O8S.H3N/c31-21-4-2-20(3-5-21)26(36)12-11-25-28(35(29(25)38)23-8-6-22(32)7-9-23)24-10-1-19(17-27(24)37)18-43-30(39)33-13-15-34(16-14-33)44(40,41)42;/h1-10,17,25-26,28,36-37H,11-16,18H2,(H,40,41,42);1H3/t25-,26+,28-;/m1./s1. The summed E-state index contributed by atoms with van der Waals surface area (Å²) in [6, 6.07) is 14.8. The Morgan fingerprint density at radius 2 is 1.58 bits per heavy atom. The van der Waals surface area contributed by atoms with Gasteiger partial charge in [0.2, 0.25) is 5.91 Å². The van der Waals surface area contributed by atoms with Crippen LogP contribution in [0.3, 0.4) is 0 Å². The first-order chi connectivity index (χ1) is 20.9. The number of hydrogen-bond donors (Lipinski definition) is 3. The number of ether oxygens (including phenoxy) is 1. The van der Waals surface area contributed by atoms with Crippen molar-refractivity contribution in [2.75, 3.05) is 31.1 Å². The Morgan fingerprint density at radius 3 is 2.16 bits per heavy atom. The second kappa shape index (κ2) is 13.9. The molecule has 45 heavy (non-hydrogen) atoms. The highest BCUT2D eigenvalue weighted by Gasteiger charge is 2.49. The predicted octanol–water partition coefficient (Wildman–Crippen LogP) is 3.98.